The predicted molar refractivity (Wildman–Crippen MR) is 67.8 cm³/mol. The predicted octanol–water partition coefficient (Wildman–Crippen LogP) is 1.96. The number of rotatable bonds is 4. The molecule has 16 heavy (non-hydrogen) atoms. The van der Waals surface area contributed by atoms with Gasteiger partial charge in [-0.3, -0.25) is 4.79 Å². The zero-order valence-corrected chi connectivity index (χ0v) is 10.5. The first-order valence-electron chi connectivity index (χ1n) is 5.13. The fraction of sp³-hybridized carbons (Fsp3) is 0.455. The van der Waals surface area contributed by atoms with Gasteiger partial charge in [-0.1, -0.05) is 19.4 Å². The zero-order valence-electron chi connectivity index (χ0n) is 9.64. The number of carbonyl (C=O) groups is 1. The Bertz CT molecular complexity index is 344. The number of nitrogens with zero attached hydrogens (tertiary/aromatic N) is 2. The highest BCUT2D eigenvalue weighted by atomic mass is 35.5. The Morgan fingerprint density at radius 1 is 1.50 bits per heavy atom. The summed E-state index contributed by atoms with van der Waals surface area (Å²) in [4.78, 5) is 17.5. The minimum absolute atomic E-state index is 0. The SMILES string of the molecule is CCCCN(C)C(=O)c1cccc(N)n1.Cl. The van der Waals surface area contributed by atoms with Gasteiger partial charge in [0.15, 0.2) is 0 Å². The Labute approximate surface area is 102 Å². The summed E-state index contributed by atoms with van der Waals surface area (Å²) in [6.07, 6.45) is 2.08. The first kappa shape index (κ1) is 14.7. The van der Waals surface area contributed by atoms with Crippen LogP contribution in [0.25, 0.3) is 0 Å². The van der Waals surface area contributed by atoms with Gasteiger partial charge in [0.25, 0.3) is 5.91 Å². The second-order valence-electron chi connectivity index (χ2n) is 3.53. The molecule has 0 saturated carbocycles. The molecular formula is C11H18ClN3O. The van der Waals surface area contributed by atoms with E-state index in [1.807, 2.05) is 0 Å². The molecular weight excluding hydrogens is 226 g/mol. The van der Waals surface area contributed by atoms with Crippen LogP contribution < -0.4 is 5.73 Å². The summed E-state index contributed by atoms with van der Waals surface area (Å²) in [7, 11) is 1.78. The van der Waals surface area contributed by atoms with Crippen LogP contribution in [0.4, 0.5) is 5.82 Å². The third-order valence-electron chi connectivity index (χ3n) is 2.18. The van der Waals surface area contributed by atoms with Crippen LogP contribution >= 0.6 is 12.4 Å². The molecule has 0 fully saturated rings. The van der Waals surface area contributed by atoms with E-state index >= 15 is 0 Å². The number of hydrogen-bond acceptors (Lipinski definition) is 3. The van der Waals surface area contributed by atoms with E-state index in [9.17, 15) is 4.79 Å². The van der Waals surface area contributed by atoms with Crippen LogP contribution in [0.1, 0.15) is 30.3 Å². The first-order chi connectivity index (χ1) is 7.15. The van der Waals surface area contributed by atoms with E-state index in [2.05, 4.69) is 11.9 Å². The molecule has 2 N–H and O–H groups in total. The highest BCUT2D eigenvalue weighted by Crippen LogP contribution is 2.04. The van der Waals surface area contributed by atoms with Gasteiger partial charge < -0.3 is 10.6 Å². The minimum atomic E-state index is -0.0734. The van der Waals surface area contributed by atoms with Gasteiger partial charge >= 0.3 is 0 Å². The molecule has 0 spiro atoms. The number of nitrogens with two attached hydrogens (primary N) is 1. The fourth-order valence-electron chi connectivity index (χ4n) is 1.26. The van der Waals surface area contributed by atoms with Gasteiger partial charge in [-0.05, 0) is 18.6 Å². The molecule has 1 rings (SSSR count). The van der Waals surface area contributed by atoms with Crippen LogP contribution in [0, 0.1) is 0 Å². The van der Waals surface area contributed by atoms with Crippen molar-refractivity contribution in [1.29, 1.82) is 0 Å². The Hall–Kier alpha value is -1.29. The van der Waals surface area contributed by atoms with Crippen LogP contribution in [0.2, 0.25) is 0 Å². The lowest BCUT2D eigenvalue weighted by atomic mass is 10.3. The van der Waals surface area contributed by atoms with Crippen molar-refractivity contribution < 1.29 is 4.79 Å². The van der Waals surface area contributed by atoms with Crippen molar-refractivity contribution in [3.63, 3.8) is 0 Å². The normalized spacial score (nSPS) is 9.38. The molecule has 90 valence electrons. The number of halogens is 1. The molecule has 0 atom stereocenters. The molecule has 0 aliphatic rings. The quantitative estimate of drug-likeness (QED) is 0.880. The first-order valence-corrected chi connectivity index (χ1v) is 5.13. The largest absolute Gasteiger partial charge is 0.384 e. The van der Waals surface area contributed by atoms with Gasteiger partial charge in [-0.25, -0.2) is 4.98 Å². The van der Waals surface area contributed by atoms with Crippen LogP contribution in [0.3, 0.4) is 0 Å². The Morgan fingerprint density at radius 2 is 2.19 bits per heavy atom. The number of hydrogen-bond donors (Lipinski definition) is 1. The fourth-order valence-corrected chi connectivity index (χ4v) is 1.26. The highest BCUT2D eigenvalue weighted by molar-refractivity contribution is 5.92. The van der Waals surface area contributed by atoms with Crippen molar-refractivity contribution in [1.82, 2.24) is 9.88 Å². The van der Waals surface area contributed by atoms with Gasteiger partial charge in [-0.2, -0.15) is 0 Å². The molecule has 0 aromatic carbocycles. The second kappa shape index (κ2) is 7.06. The average molecular weight is 244 g/mol. The molecule has 1 amide bonds. The zero-order chi connectivity index (χ0) is 11.3. The van der Waals surface area contributed by atoms with Crippen LogP contribution in [-0.4, -0.2) is 29.4 Å². The maximum atomic E-state index is 11.8. The second-order valence-corrected chi connectivity index (χ2v) is 3.53. The summed E-state index contributed by atoms with van der Waals surface area (Å²) in [6, 6.07) is 5.09. The number of carbonyl (C=O) groups excluding carboxylic acids is 1. The molecule has 5 heteroatoms. The number of amides is 1. The summed E-state index contributed by atoms with van der Waals surface area (Å²) >= 11 is 0. The third-order valence-corrected chi connectivity index (χ3v) is 2.18. The van der Waals surface area contributed by atoms with Crippen molar-refractivity contribution in [2.45, 2.75) is 19.8 Å². The van der Waals surface area contributed by atoms with Crippen molar-refractivity contribution in [3.05, 3.63) is 23.9 Å². The third kappa shape index (κ3) is 4.06. The van der Waals surface area contributed by atoms with Gasteiger partial charge in [-0.15, -0.1) is 12.4 Å². The summed E-state index contributed by atoms with van der Waals surface area (Å²) in [5.41, 5.74) is 5.93. The van der Waals surface area contributed by atoms with Crippen molar-refractivity contribution >= 4 is 24.1 Å². The standard InChI is InChI=1S/C11H17N3O.ClH/c1-3-4-8-14(2)11(15)9-6-5-7-10(12)13-9;/h5-7H,3-4,8H2,1-2H3,(H2,12,13);1H. The Balaban J connectivity index is 0.00000225. The molecule has 0 aliphatic heterocycles. The monoisotopic (exact) mass is 243 g/mol. The average Bonchev–Trinajstić information content (AvgIpc) is 2.24. The number of pyridine rings is 1. The molecule has 0 aliphatic carbocycles. The van der Waals surface area contributed by atoms with E-state index in [0.29, 0.717) is 11.5 Å². The lowest BCUT2D eigenvalue weighted by molar-refractivity contribution is 0.0787. The van der Waals surface area contributed by atoms with E-state index in [4.69, 9.17) is 5.73 Å². The van der Waals surface area contributed by atoms with Crippen molar-refractivity contribution in [3.8, 4) is 0 Å². The van der Waals surface area contributed by atoms with Crippen LogP contribution in [0.15, 0.2) is 18.2 Å². The molecule has 4 nitrogen and oxygen atoms in total. The molecule has 0 bridgehead atoms. The molecule has 0 saturated heterocycles. The molecule has 0 radical (unpaired) electrons. The summed E-state index contributed by atoms with van der Waals surface area (Å²) in [5.74, 6) is 0.306. The van der Waals surface area contributed by atoms with Gasteiger partial charge in [0.2, 0.25) is 0 Å². The Kier molecular flexibility index (Phi) is 6.49. The van der Waals surface area contributed by atoms with Gasteiger partial charge in [0.05, 0.1) is 0 Å². The summed E-state index contributed by atoms with van der Waals surface area (Å²) in [6.45, 7) is 2.85. The Morgan fingerprint density at radius 3 is 2.75 bits per heavy atom. The number of aromatic nitrogens is 1. The van der Waals surface area contributed by atoms with Gasteiger partial charge in [0.1, 0.15) is 11.5 Å². The molecule has 0 unspecified atom stereocenters. The van der Waals surface area contributed by atoms with Crippen molar-refractivity contribution in [2.75, 3.05) is 19.3 Å². The van der Waals surface area contributed by atoms with E-state index in [0.717, 1.165) is 19.4 Å². The van der Waals surface area contributed by atoms with E-state index in [1.54, 1.807) is 30.1 Å². The number of unbranched alkanes of at least 4 members (excludes halogenated alkanes) is 1. The van der Waals surface area contributed by atoms with E-state index in [1.165, 1.54) is 0 Å². The lowest BCUT2D eigenvalue weighted by Crippen LogP contribution is -2.28. The van der Waals surface area contributed by atoms with Gasteiger partial charge in [0, 0.05) is 13.6 Å². The molecule has 1 heterocycles. The molecule has 1 aromatic heterocycles. The smallest absolute Gasteiger partial charge is 0.272 e. The van der Waals surface area contributed by atoms with E-state index in [-0.39, 0.29) is 18.3 Å². The van der Waals surface area contributed by atoms with E-state index < -0.39 is 0 Å². The lowest BCUT2D eigenvalue weighted by Gasteiger charge is -2.15. The highest BCUT2D eigenvalue weighted by Gasteiger charge is 2.12. The van der Waals surface area contributed by atoms with Crippen molar-refractivity contribution in [2.24, 2.45) is 0 Å². The number of nitrogen functional groups attached to an aromatic ring is 1. The minimum Gasteiger partial charge on any atom is -0.384 e. The van der Waals surface area contributed by atoms with Crippen LogP contribution in [0.5, 0.6) is 0 Å². The maximum Gasteiger partial charge on any atom is 0.272 e. The maximum absolute atomic E-state index is 11.8. The summed E-state index contributed by atoms with van der Waals surface area (Å²) < 4.78 is 0. The molecule has 1 aromatic rings. The topological polar surface area (TPSA) is 59.2 Å². The van der Waals surface area contributed by atoms with Crippen LogP contribution in [-0.2, 0) is 0 Å². The summed E-state index contributed by atoms with van der Waals surface area (Å²) in [5, 5.41) is 0. The number of anilines is 1.